The van der Waals surface area contributed by atoms with Gasteiger partial charge >= 0.3 is 12.0 Å². The number of carboxylic acid groups (broad SMARTS) is 1. The minimum Gasteiger partial charge on any atom is -0.481 e. The molecular weight excluding hydrogens is 264 g/mol. The number of rotatable bonds is 6. The van der Waals surface area contributed by atoms with E-state index in [1.54, 1.807) is 21.6 Å². The third-order valence-electron chi connectivity index (χ3n) is 3.72. The molecule has 1 saturated heterocycles. The quantitative estimate of drug-likeness (QED) is 0.812. The molecule has 0 aromatic heterocycles. The number of likely N-dealkylation sites (tertiary alicyclic amines) is 1. The highest BCUT2D eigenvalue weighted by molar-refractivity contribution is 7.98. The Balaban J connectivity index is 2.43. The van der Waals surface area contributed by atoms with Gasteiger partial charge in [-0.3, -0.25) is 4.79 Å². The van der Waals surface area contributed by atoms with Crippen LogP contribution in [-0.4, -0.2) is 65.1 Å². The second kappa shape index (κ2) is 7.62. The SMILES string of the molecule is CSCCC(C)N(C)C(=O)N1CCC(CC(=O)O)C1. The fraction of sp³-hybridized carbons (Fsp3) is 0.846. The lowest BCUT2D eigenvalue weighted by atomic mass is 10.1. The highest BCUT2D eigenvalue weighted by atomic mass is 32.2. The van der Waals surface area contributed by atoms with Crippen LogP contribution in [0.25, 0.3) is 0 Å². The van der Waals surface area contributed by atoms with Crippen molar-refractivity contribution in [3.63, 3.8) is 0 Å². The predicted octanol–water partition coefficient (Wildman–Crippen LogP) is 1.98. The van der Waals surface area contributed by atoms with Gasteiger partial charge in [0, 0.05) is 32.6 Å². The van der Waals surface area contributed by atoms with Crippen molar-refractivity contribution in [2.75, 3.05) is 32.1 Å². The Morgan fingerprint density at radius 1 is 1.53 bits per heavy atom. The van der Waals surface area contributed by atoms with Crippen LogP contribution < -0.4 is 0 Å². The monoisotopic (exact) mass is 288 g/mol. The van der Waals surface area contributed by atoms with E-state index in [1.165, 1.54) is 0 Å². The molecule has 1 aliphatic rings. The first-order valence-electron chi connectivity index (χ1n) is 6.68. The number of hydrogen-bond acceptors (Lipinski definition) is 3. The van der Waals surface area contributed by atoms with Crippen LogP contribution in [0.3, 0.4) is 0 Å². The van der Waals surface area contributed by atoms with E-state index in [2.05, 4.69) is 13.2 Å². The Labute approximate surface area is 119 Å². The molecule has 110 valence electrons. The van der Waals surface area contributed by atoms with Gasteiger partial charge in [-0.1, -0.05) is 0 Å². The van der Waals surface area contributed by atoms with E-state index in [4.69, 9.17) is 5.11 Å². The van der Waals surface area contributed by atoms with Gasteiger partial charge in [0.25, 0.3) is 0 Å². The molecule has 5 nitrogen and oxygen atoms in total. The third-order valence-corrected chi connectivity index (χ3v) is 4.37. The lowest BCUT2D eigenvalue weighted by Gasteiger charge is -2.29. The molecule has 2 atom stereocenters. The molecule has 2 unspecified atom stereocenters. The first kappa shape index (κ1) is 16.1. The molecule has 1 heterocycles. The number of carboxylic acids is 1. The first-order chi connectivity index (χ1) is 8.95. The van der Waals surface area contributed by atoms with Crippen molar-refractivity contribution in [2.45, 2.75) is 32.2 Å². The standard InChI is InChI=1S/C13H24N2O3S/c1-10(5-7-19-3)14(2)13(18)15-6-4-11(9-15)8-12(16)17/h10-11H,4-9H2,1-3H3,(H,16,17). The maximum atomic E-state index is 12.3. The zero-order valence-corrected chi connectivity index (χ0v) is 12.8. The summed E-state index contributed by atoms with van der Waals surface area (Å²) in [5, 5.41) is 8.78. The number of carbonyl (C=O) groups is 2. The van der Waals surface area contributed by atoms with E-state index in [-0.39, 0.29) is 24.4 Å². The van der Waals surface area contributed by atoms with Crippen molar-refractivity contribution in [1.82, 2.24) is 9.80 Å². The van der Waals surface area contributed by atoms with Crippen LogP contribution >= 0.6 is 11.8 Å². The second-order valence-corrected chi connectivity index (χ2v) is 6.21. The van der Waals surface area contributed by atoms with Gasteiger partial charge in [-0.2, -0.15) is 11.8 Å². The number of hydrogen-bond donors (Lipinski definition) is 1. The summed E-state index contributed by atoms with van der Waals surface area (Å²) in [4.78, 5) is 26.5. The van der Waals surface area contributed by atoms with E-state index < -0.39 is 5.97 Å². The average molecular weight is 288 g/mol. The molecule has 0 saturated carbocycles. The summed E-state index contributed by atoms with van der Waals surface area (Å²) >= 11 is 1.78. The summed E-state index contributed by atoms with van der Waals surface area (Å²) in [6.07, 6.45) is 4.00. The molecular formula is C13H24N2O3S. The maximum absolute atomic E-state index is 12.3. The normalized spacial score (nSPS) is 20.4. The molecule has 0 aliphatic carbocycles. The number of nitrogens with zero attached hydrogens (tertiary/aromatic N) is 2. The van der Waals surface area contributed by atoms with Gasteiger partial charge < -0.3 is 14.9 Å². The molecule has 19 heavy (non-hydrogen) atoms. The fourth-order valence-corrected chi connectivity index (χ4v) is 2.89. The van der Waals surface area contributed by atoms with Crippen LogP contribution in [0.15, 0.2) is 0 Å². The molecule has 0 radical (unpaired) electrons. The van der Waals surface area contributed by atoms with Gasteiger partial charge in [0.2, 0.25) is 0 Å². The Bertz CT molecular complexity index is 325. The molecule has 0 spiro atoms. The van der Waals surface area contributed by atoms with Crippen LogP contribution in [0.4, 0.5) is 4.79 Å². The first-order valence-corrected chi connectivity index (χ1v) is 8.07. The Morgan fingerprint density at radius 3 is 2.79 bits per heavy atom. The fourth-order valence-electron chi connectivity index (χ4n) is 2.31. The van der Waals surface area contributed by atoms with Crippen LogP contribution in [0.2, 0.25) is 0 Å². The minimum absolute atomic E-state index is 0.0292. The van der Waals surface area contributed by atoms with Crippen molar-refractivity contribution in [2.24, 2.45) is 5.92 Å². The second-order valence-electron chi connectivity index (χ2n) is 5.22. The number of urea groups is 1. The summed E-state index contributed by atoms with van der Waals surface area (Å²) in [5.74, 6) is 0.373. The Kier molecular flexibility index (Phi) is 6.48. The van der Waals surface area contributed by atoms with Gasteiger partial charge in [0.05, 0.1) is 0 Å². The van der Waals surface area contributed by atoms with E-state index in [0.29, 0.717) is 13.1 Å². The van der Waals surface area contributed by atoms with E-state index in [0.717, 1.165) is 18.6 Å². The molecule has 1 N–H and O–H groups in total. The number of amides is 2. The predicted molar refractivity (Wildman–Crippen MR) is 77.6 cm³/mol. The molecule has 6 heteroatoms. The van der Waals surface area contributed by atoms with Gasteiger partial charge in [-0.05, 0) is 37.7 Å². The largest absolute Gasteiger partial charge is 0.481 e. The smallest absolute Gasteiger partial charge is 0.319 e. The van der Waals surface area contributed by atoms with E-state index >= 15 is 0 Å². The zero-order valence-electron chi connectivity index (χ0n) is 12.0. The van der Waals surface area contributed by atoms with Crippen molar-refractivity contribution < 1.29 is 14.7 Å². The molecule has 2 amide bonds. The number of carbonyl (C=O) groups excluding carboxylic acids is 1. The minimum atomic E-state index is -0.777. The summed E-state index contributed by atoms with van der Waals surface area (Å²) in [5.41, 5.74) is 0. The number of thioether (sulfide) groups is 1. The third kappa shape index (κ3) is 4.93. The molecule has 0 aromatic rings. The van der Waals surface area contributed by atoms with Crippen LogP contribution in [0.5, 0.6) is 0 Å². The molecule has 0 aromatic carbocycles. The van der Waals surface area contributed by atoms with Crippen LogP contribution in [0.1, 0.15) is 26.2 Å². The van der Waals surface area contributed by atoms with Crippen LogP contribution in [-0.2, 0) is 4.79 Å². The topological polar surface area (TPSA) is 60.9 Å². The number of aliphatic carboxylic acids is 1. The van der Waals surface area contributed by atoms with Crippen molar-refractivity contribution in [3.8, 4) is 0 Å². The van der Waals surface area contributed by atoms with Gasteiger partial charge in [0.15, 0.2) is 0 Å². The maximum Gasteiger partial charge on any atom is 0.319 e. The highest BCUT2D eigenvalue weighted by Crippen LogP contribution is 2.21. The van der Waals surface area contributed by atoms with Crippen LogP contribution in [0, 0.1) is 5.92 Å². The zero-order chi connectivity index (χ0) is 14.4. The summed E-state index contributed by atoms with van der Waals surface area (Å²) in [6, 6.07) is 0.250. The molecule has 1 rings (SSSR count). The van der Waals surface area contributed by atoms with Gasteiger partial charge in [0.1, 0.15) is 0 Å². The summed E-state index contributed by atoms with van der Waals surface area (Å²) in [7, 11) is 1.83. The Hall–Kier alpha value is -0.910. The van der Waals surface area contributed by atoms with Gasteiger partial charge in [-0.15, -0.1) is 0 Å². The van der Waals surface area contributed by atoms with Crippen molar-refractivity contribution >= 4 is 23.8 Å². The van der Waals surface area contributed by atoms with Gasteiger partial charge in [-0.25, -0.2) is 4.79 Å². The molecule has 1 fully saturated rings. The van der Waals surface area contributed by atoms with Crippen molar-refractivity contribution in [1.29, 1.82) is 0 Å². The van der Waals surface area contributed by atoms with E-state index in [9.17, 15) is 9.59 Å². The highest BCUT2D eigenvalue weighted by Gasteiger charge is 2.30. The lowest BCUT2D eigenvalue weighted by Crippen LogP contribution is -2.44. The lowest BCUT2D eigenvalue weighted by molar-refractivity contribution is -0.138. The summed E-state index contributed by atoms with van der Waals surface area (Å²) < 4.78 is 0. The van der Waals surface area contributed by atoms with Crippen molar-refractivity contribution in [3.05, 3.63) is 0 Å². The summed E-state index contributed by atoms with van der Waals surface area (Å²) in [6.45, 7) is 3.31. The van der Waals surface area contributed by atoms with E-state index in [1.807, 2.05) is 7.05 Å². The Morgan fingerprint density at radius 2 is 2.21 bits per heavy atom. The average Bonchev–Trinajstić information content (AvgIpc) is 2.81. The molecule has 0 bridgehead atoms. The molecule has 1 aliphatic heterocycles.